The highest BCUT2D eigenvalue weighted by molar-refractivity contribution is 7.88. The molecule has 1 aliphatic heterocycles. The van der Waals surface area contributed by atoms with E-state index in [2.05, 4.69) is 19.3 Å². The highest BCUT2D eigenvalue weighted by Crippen LogP contribution is 2.20. The van der Waals surface area contributed by atoms with Gasteiger partial charge in [-0.2, -0.15) is 13.1 Å². The fourth-order valence-corrected chi connectivity index (χ4v) is 3.54. The highest BCUT2D eigenvalue weighted by Gasteiger charge is 2.14. The molecule has 0 atom stereocenters. The molecule has 27 heavy (non-hydrogen) atoms. The summed E-state index contributed by atoms with van der Waals surface area (Å²) in [4.78, 5) is 14.5. The second-order valence-corrected chi connectivity index (χ2v) is 7.66. The Morgan fingerprint density at radius 3 is 2.52 bits per heavy atom. The number of carbonyl (C=O) groups excluding carboxylic acids is 1. The molecule has 1 amide bonds. The Morgan fingerprint density at radius 1 is 1.22 bits per heavy atom. The number of amides is 1. The molecule has 1 heterocycles. The number of hydrogen-bond donors (Lipinski definition) is 3. The second-order valence-electron chi connectivity index (χ2n) is 6.24. The van der Waals surface area contributed by atoms with Crippen LogP contribution in [0.4, 0.5) is 5.69 Å². The molecule has 1 aromatic rings. The molecule has 0 aliphatic carbocycles. The molecule has 4 N–H and O–H groups in total. The predicted molar refractivity (Wildman–Crippen MR) is 105 cm³/mol. The van der Waals surface area contributed by atoms with Crippen molar-refractivity contribution >= 4 is 27.8 Å². The van der Waals surface area contributed by atoms with E-state index in [0.717, 1.165) is 18.8 Å². The molecule has 1 aliphatic rings. The van der Waals surface area contributed by atoms with E-state index in [4.69, 9.17) is 10.5 Å². The third-order valence-corrected chi connectivity index (χ3v) is 5.13. The maximum Gasteiger partial charge on any atom is 0.323 e. The number of ether oxygens (including phenoxy) is 1. The lowest BCUT2D eigenvalue weighted by molar-refractivity contribution is 0.0977. The van der Waals surface area contributed by atoms with E-state index in [-0.39, 0.29) is 6.54 Å². The second kappa shape index (κ2) is 10.2. The average Bonchev–Trinajstić information content (AvgIpc) is 2.65. The van der Waals surface area contributed by atoms with E-state index in [1.54, 1.807) is 12.1 Å². The molecule has 1 aromatic carbocycles. The van der Waals surface area contributed by atoms with Gasteiger partial charge in [-0.1, -0.05) is 0 Å². The molecular weight excluding hydrogens is 370 g/mol. The molecule has 1 saturated heterocycles. The average molecular weight is 398 g/mol. The van der Waals surface area contributed by atoms with E-state index in [9.17, 15) is 13.2 Å². The van der Waals surface area contributed by atoms with Crippen LogP contribution >= 0.6 is 0 Å². The van der Waals surface area contributed by atoms with Gasteiger partial charge in [-0.3, -0.25) is 10.1 Å². The van der Waals surface area contributed by atoms with Crippen molar-refractivity contribution in [2.24, 2.45) is 10.1 Å². The molecule has 0 saturated carbocycles. The molecule has 0 spiro atoms. The van der Waals surface area contributed by atoms with Gasteiger partial charge in [-0.15, -0.1) is 4.40 Å². The summed E-state index contributed by atoms with van der Waals surface area (Å²) in [6, 6.07) is 7.12. The van der Waals surface area contributed by atoms with Crippen LogP contribution in [0.5, 0.6) is 0 Å². The van der Waals surface area contributed by atoms with E-state index >= 15 is 0 Å². The summed E-state index contributed by atoms with van der Waals surface area (Å²) in [7, 11) is -2.45. The van der Waals surface area contributed by atoms with E-state index in [1.807, 2.05) is 12.1 Å². The number of methoxy groups -OCH3 is 1. The zero-order chi connectivity index (χ0) is 19.7. The molecule has 0 bridgehead atoms. The van der Waals surface area contributed by atoms with Crippen LogP contribution in [-0.2, 0) is 14.9 Å². The summed E-state index contributed by atoms with van der Waals surface area (Å²) in [5.41, 5.74) is 6.98. The summed E-state index contributed by atoms with van der Waals surface area (Å²) in [6.07, 6.45) is 4.09. The Hall–Kier alpha value is -2.17. The Bertz CT molecular complexity index is 743. The summed E-state index contributed by atoms with van der Waals surface area (Å²) >= 11 is 0. The zero-order valence-corrected chi connectivity index (χ0v) is 16.3. The molecule has 150 valence electrons. The number of piperidine rings is 1. The highest BCUT2D eigenvalue weighted by atomic mass is 32.2. The lowest BCUT2D eigenvalue weighted by Gasteiger charge is -2.28. The van der Waals surface area contributed by atoms with E-state index in [1.165, 1.54) is 26.4 Å². The molecule has 2 rings (SSSR count). The van der Waals surface area contributed by atoms with Gasteiger partial charge in [-0.25, -0.2) is 0 Å². The van der Waals surface area contributed by atoms with Crippen LogP contribution < -0.4 is 20.7 Å². The Labute approximate surface area is 160 Å². The summed E-state index contributed by atoms with van der Waals surface area (Å²) in [5, 5.41) is 2.28. The van der Waals surface area contributed by atoms with Crippen molar-refractivity contribution in [2.45, 2.75) is 25.7 Å². The van der Waals surface area contributed by atoms with Crippen molar-refractivity contribution in [1.82, 2.24) is 10.0 Å². The number of benzene rings is 1. The SMILES string of the molecule is COCCCNS(=O)(=O)/N=C(\N)NC(=O)c1ccc(N2CCCCC2)cc1. The van der Waals surface area contributed by atoms with Crippen molar-refractivity contribution in [3.63, 3.8) is 0 Å². The van der Waals surface area contributed by atoms with Crippen LogP contribution in [0, 0.1) is 0 Å². The van der Waals surface area contributed by atoms with Crippen LogP contribution in [0.25, 0.3) is 0 Å². The zero-order valence-electron chi connectivity index (χ0n) is 15.5. The molecule has 10 heteroatoms. The first kappa shape index (κ1) is 21.1. The molecule has 0 aromatic heterocycles. The normalized spacial score (nSPS) is 15.6. The smallest absolute Gasteiger partial charge is 0.323 e. The van der Waals surface area contributed by atoms with Gasteiger partial charge in [0.2, 0.25) is 5.96 Å². The number of rotatable bonds is 8. The van der Waals surface area contributed by atoms with Gasteiger partial charge in [0, 0.05) is 44.6 Å². The fourth-order valence-electron chi connectivity index (χ4n) is 2.77. The first-order valence-electron chi connectivity index (χ1n) is 8.91. The van der Waals surface area contributed by atoms with Gasteiger partial charge in [0.05, 0.1) is 0 Å². The van der Waals surface area contributed by atoms with Gasteiger partial charge in [0.15, 0.2) is 0 Å². The lowest BCUT2D eigenvalue weighted by Crippen LogP contribution is -2.38. The van der Waals surface area contributed by atoms with Gasteiger partial charge in [0.1, 0.15) is 0 Å². The van der Waals surface area contributed by atoms with Crippen LogP contribution in [0.3, 0.4) is 0 Å². The quantitative estimate of drug-likeness (QED) is 0.335. The minimum atomic E-state index is -3.97. The Kier molecular flexibility index (Phi) is 8.01. The van der Waals surface area contributed by atoms with Crippen molar-refractivity contribution in [3.05, 3.63) is 29.8 Å². The van der Waals surface area contributed by atoms with Crippen LogP contribution in [0.15, 0.2) is 28.7 Å². The number of guanidine groups is 1. The number of anilines is 1. The summed E-state index contributed by atoms with van der Waals surface area (Å²) in [6.45, 7) is 2.62. The maximum absolute atomic E-state index is 12.2. The fraction of sp³-hybridized carbons (Fsp3) is 0.529. The largest absolute Gasteiger partial charge is 0.385 e. The van der Waals surface area contributed by atoms with Gasteiger partial charge < -0.3 is 15.4 Å². The van der Waals surface area contributed by atoms with Crippen molar-refractivity contribution < 1.29 is 17.9 Å². The van der Waals surface area contributed by atoms with Crippen LogP contribution in [0.1, 0.15) is 36.0 Å². The number of carbonyl (C=O) groups is 1. The maximum atomic E-state index is 12.2. The molecule has 9 nitrogen and oxygen atoms in total. The number of nitrogens with one attached hydrogen (secondary N) is 2. The third-order valence-electron chi connectivity index (χ3n) is 4.12. The minimum Gasteiger partial charge on any atom is -0.385 e. The van der Waals surface area contributed by atoms with Crippen molar-refractivity contribution in [3.8, 4) is 0 Å². The topological polar surface area (TPSA) is 126 Å². The molecule has 0 radical (unpaired) electrons. The lowest BCUT2D eigenvalue weighted by atomic mass is 10.1. The van der Waals surface area contributed by atoms with Gasteiger partial charge in [0.25, 0.3) is 5.91 Å². The Morgan fingerprint density at radius 2 is 1.89 bits per heavy atom. The third kappa shape index (κ3) is 7.16. The first-order valence-corrected chi connectivity index (χ1v) is 10.4. The number of nitrogens with two attached hydrogens (primary N) is 1. The van der Waals surface area contributed by atoms with Gasteiger partial charge >= 0.3 is 10.2 Å². The standard InChI is InChI=1S/C17H27N5O4S/c1-26-13-5-10-19-27(24,25)21-17(18)20-16(23)14-6-8-15(9-7-14)22-11-3-2-4-12-22/h6-9,19H,2-5,10-13H2,1H3,(H3,18,20,21,23). The van der Waals surface area contributed by atoms with Crippen LogP contribution in [-0.4, -0.2) is 53.6 Å². The monoisotopic (exact) mass is 397 g/mol. The molecule has 1 fully saturated rings. The van der Waals surface area contributed by atoms with Crippen LogP contribution in [0.2, 0.25) is 0 Å². The minimum absolute atomic E-state index is 0.166. The van der Waals surface area contributed by atoms with E-state index < -0.39 is 22.1 Å². The summed E-state index contributed by atoms with van der Waals surface area (Å²) < 4.78 is 33.9. The van der Waals surface area contributed by atoms with Gasteiger partial charge in [-0.05, 0) is 49.9 Å². The predicted octanol–water partition coefficient (Wildman–Crippen LogP) is 0.592. The molecular formula is C17H27N5O4S. The first-order chi connectivity index (χ1) is 12.9. The Balaban J connectivity index is 1.91. The number of nitrogens with zero attached hydrogens (tertiary/aromatic N) is 2. The van der Waals surface area contributed by atoms with Crippen molar-refractivity contribution in [2.75, 3.05) is 38.3 Å². The molecule has 0 unspecified atom stereocenters. The van der Waals surface area contributed by atoms with E-state index in [0.29, 0.717) is 18.6 Å². The summed E-state index contributed by atoms with van der Waals surface area (Å²) in [5.74, 6) is -1.00. The van der Waals surface area contributed by atoms with Crippen molar-refractivity contribution in [1.29, 1.82) is 0 Å². The number of hydrogen-bond acceptors (Lipinski definition) is 5.